The summed E-state index contributed by atoms with van der Waals surface area (Å²) in [6, 6.07) is 10.6. The quantitative estimate of drug-likeness (QED) is 0.943. The third-order valence-electron chi connectivity index (χ3n) is 3.40. The number of halogens is 2. The van der Waals surface area contributed by atoms with E-state index in [-0.39, 0.29) is 23.8 Å². The van der Waals surface area contributed by atoms with E-state index in [0.29, 0.717) is 17.7 Å². The molecule has 0 saturated heterocycles. The zero-order valence-corrected chi connectivity index (χ0v) is 11.1. The molecule has 0 spiro atoms. The molecule has 0 radical (unpaired) electrons. The molecule has 0 bridgehead atoms. The van der Waals surface area contributed by atoms with Crippen LogP contribution in [-0.2, 0) is 4.84 Å². The second-order valence-electron chi connectivity index (χ2n) is 4.83. The van der Waals surface area contributed by atoms with Crippen molar-refractivity contribution in [1.82, 2.24) is 0 Å². The fraction of sp³-hybridized carbons (Fsp3) is 0.188. The molecule has 0 aromatic heterocycles. The number of aliphatic hydroxyl groups excluding tert-OH is 1. The van der Waals surface area contributed by atoms with Gasteiger partial charge in [-0.25, -0.2) is 8.78 Å². The molecule has 0 fully saturated rings. The summed E-state index contributed by atoms with van der Waals surface area (Å²) in [6.07, 6.45) is 0.0453. The van der Waals surface area contributed by atoms with Gasteiger partial charge in [0.1, 0.15) is 11.6 Å². The van der Waals surface area contributed by atoms with E-state index in [9.17, 15) is 8.78 Å². The number of rotatable bonds is 3. The number of aliphatic hydroxyl groups is 1. The van der Waals surface area contributed by atoms with Crippen molar-refractivity contribution in [2.75, 3.05) is 6.61 Å². The van der Waals surface area contributed by atoms with Crippen molar-refractivity contribution in [3.8, 4) is 11.1 Å². The molecule has 0 amide bonds. The molecule has 2 aromatic carbocycles. The van der Waals surface area contributed by atoms with Crippen LogP contribution in [0.3, 0.4) is 0 Å². The van der Waals surface area contributed by atoms with E-state index in [4.69, 9.17) is 9.94 Å². The smallest absolute Gasteiger partial charge is 0.156 e. The molecule has 1 heterocycles. The van der Waals surface area contributed by atoms with Crippen molar-refractivity contribution >= 4 is 5.71 Å². The Labute approximate surface area is 120 Å². The van der Waals surface area contributed by atoms with Crippen LogP contribution < -0.4 is 0 Å². The predicted molar refractivity (Wildman–Crippen MR) is 74.9 cm³/mol. The van der Waals surface area contributed by atoms with Crippen LogP contribution >= 0.6 is 0 Å². The van der Waals surface area contributed by atoms with Gasteiger partial charge in [-0.15, -0.1) is 0 Å². The van der Waals surface area contributed by atoms with Crippen LogP contribution in [0.25, 0.3) is 11.1 Å². The van der Waals surface area contributed by atoms with Gasteiger partial charge < -0.3 is 9.94 Å². The van der Waals surface area contributed by atoms with Crippen molar-refractivity contribution in [1.29, 1.82) is 0 Å². The Morgan fingerprint density at radius 1 is 1.10 bits per heavy atom. The van der Waals surface area contributed by atoms with Crippen molar-refractivity contribution < 1.29 is 18.7 Å². The lowest BCUT2D eigenvalue weighted by Crippen LogP contribution is -2.12. The second-order valence-corrected chi connectivity index (χ2v) is 4.83. The monoisotopic (exact) mass is 289 g/mol. The second kappa shape index (κ2) is 5.61. The Kier molecular flexibility index (Phi) is 3.66. The van der Waals surface area contributed by atoms with Crippen molar-refractivity contribution in [3.63, 3.8) is 0 Å². The number of nitrogens with zero attached hydrogens (tertiary/aromatic N) is 1. The minimum absolute atomic E-state index is 0.136. The van der Waals surface area contributed by atoms with Crippen LogP contribution in [0.2, 0.25) is 0 Å². The van der Waals surface area contributed by atoms with E-state index >= 15 is 0 Å². The fourth-order valence-corrected chi connectivity index (χ4v) is 2.29. The molecule has 1 atom stereocenters. The minimum atomic E-state index is -0.521. The Bertz CT molecular complexity index is 700. The lowest BCUT2D eigenvalue weighted by molar-refractivity contribution is 0.0390. The molecule has 21 heavy (non-hydrogen) atoms. The molecule has 0 aliphatic carbocycles. The van der Waals surface area contributed by atoms with Crippen LogP contribution in [0.4, 0.5) is 8.78 Å². The summed E-state index contributed by atoms with van der Waals surface area (Å²) in [5, 5.41) is 12.8. The summed E-state index contributed by atoms with van der Waals surface area (Å²) in [5.41, 5.74) is 1.58. The number of oxime groups is 1. The molecular formula is C16H13F2NO2. The fourth-order valence-electron chi connectivity index (χ4n) is 2.29. The molecule has 1 N–H and O–H groups in total. The minimum Gasteiger partial charge on any atom is -0.392 e. The van der Waals surface area contributed by atoms with Gasteiger partial charge in [0.15, 0.2) is 6.10 Å². The normalized spacial score (nSPS) is 17.5. The van der Waals surface area contributed by atoms with Crippen LogP contribution in [0, 0.1) is 11.6 Å². The third kappa shape index (κ3) is 2.64. The molecule has 108 valence electrons. The SMILES string of the molecule is OCC1CC(c2ccc(-c3ccccc3F)c(F)c2)=NO1. The highest BCUT2D eigenvalue weighted by atomic mass is 19.1. The van der Waals surface area contributed by atoms with Gasteiger partial charge in [0, 0.05) is 23.1 Å². The Morgan fingerprint density at radius 3 is 2.52 bits per heavy atom. The van der Waals surface area contributed by atoms with Crippen molar-refractivity contribution in [2.45, 2.75) is 12.5 Å². The Balaban J connectivity index is 1.93. The zero-order valence-electron chi connectivity index (χ0n) is 11.1. The maximum atomic E-state index is 14.2. The first kappa shape index (κ1) is 13.7. The maximum absolute atomic E-state index is 14.2. The molecule has 1 aliphatic rings. The maximum Gasteiger partial charge on any atom is 0.156 e. The highest BCUT2D eigenvalue weighted by Crippen LogP contribution is 2.27. The highest BCUT2D eigenvalue weighted by molar-refractivity contribution is 6.01. The van der Waals surface area contributed by atoms with Crippen LogP contribution in [0.15, 0.2) is 47.6 Å². The van der Waals surface area contributed by atoms with E-state index in [1.165, 1.54) is 24.3 Å². The predicted octanol–water partition coefficient (Wildman–Crippen LogP) is 3.12. The molecule has 3 nitrogen and oxygen atoms in total. The van der Waals surface area contributed by atoms with Gasteiger partial charge in [0.2, 0.25) is 0 Å². The van der Waals surface area contributed by atoms with E-state index in [0.717, 1.165) is 0 Å². The average Bonchev–Trinajstić information content (AvgIpc) is 2.97. The van der Waals surface area contributed by atoms with Crippen LogP contribution in [0.1, 0.15) is 12.0 Å². The van der Waals surface area contributed by atoms with Crippen molar-refractivity contribution in [2.24, 2.45) is 5.16 Å². The van der Waals surface area contributed by atoms with Gasteiger partial charge in [-0.05, 0) is 12.1 Å². The average molecular weight is 289 g/mol. The Hall–Kier alpha value is -2.27. The number of hydrogen-bond donors (Lipinski definition) is 1. The summed E-state index contributed by atoms with van der Waals surface area (Å²) in [4.78, 5) is 5.00. The van der Waals surface area contributed by atoms with Gasteiger partial charge in [0.05, 0.1) is 12.3 Å². The van der Waals surface area contributed by atoms with Gasteiger partial charge in [-0.3, -0.25) is 0 Å². The molecule has 1 aliphatic heterocycles. The van der Waals surface area contributed by atoms with Gasteiger partial charge in [0.25, 0.3) is 0 Å². The largest absolute Gasteiger partial charge is 0.392 e. The van der Waals surface area contributed by atoms with Crippen LogP contribution in [-0.4, -0.2) is 23.5 Å². The first-order valence-corrected chi connectivity index (χ1v) is 6.57. The molecular weight excluding hydrogens is 276 g/mol. The van der Waals surface area contributed by atoms with E-state index in [1.807, 2.05) is 0 Å². The lowest BCUT2D eigenvalue weighted by atomic mass is 9.99. The van der Waals surface area contributed by atoms with Crippen molar-refractivity contribution in [3.05, 3.63) is 59.7 Å². The molecule has 5 heteroatoms. The lowest BCUT2D eigenvalue weighted by Gasteiger charge is -2.07. The molecule has 3 rings (SSSR count). The van der Waals surface area contributed by atoms with Gasteiger partial charge in [-0.1, -0.05) is 35.5 Å². The Morgan fingerprint density at radius 2 is 1.86 bits per heavy atom. The summed E-state index contributed by atoms with van der Waals surface area (Å²) in [6.45, 7) is -0.136. The molecule has 0 saturated carbocycles. The number of hydrogen-bond acceptors (Lipinski definition) is 3. The highest BCUT2D eigenvalue weighted by Gasteiger charge is 2.22. The first-order valence-electron chi connectivity index (χ1n) is 6.57. The summed E-state index contributed by atoms with van der Waals surface area (Å²) >= 11 is 0. The topological polar surface area (TPSA) is 41.8 Å². The summed E-state index contributed by atoms with van der Waals surface area (Å²) in [5.74, 6) is -0.987. The summed E-state index contributed by atoms with van der Waals surface area (Å²) < 4.78 is 28.0. The first-order chi connectivity index (χ1) is 10.2. The molecule has 2 aromatic rings. The van der Waals surface area contributed by atoms with E-state index in [2.05, 4.69) is 5.16 Å². The van der Waals surface area contributed by atoms with Gasteiger partial charge >= 0.3 is 0 Å². The zero-order chi connectivity index (χ0) is 14.8. The molecule has 1 unspecified atom stereocenters. The van der Waals surface area contributed by atoms with E-state index in [1.54, 1.807) is 18.2 Å². The third-order valence-corrected chi connectivity index (χ3v) is 3.40. The number of benzene rings is 2. The van der Waals surface area contributed by atoms with E-state index < -0.39 is 11.6 Å². The standard InChI is InChI=1S/C16H13F2NO2/c17-14-4-2-1-3-12(14)13-6-5-10(7-15(13)18)16-8-11(9-20)21-19-16/h1-7,11,20H,8-9H2. The summed E-state index contributed by atoms with van der Waals surface area (Å²) in [7, 11) is 0. The van der Waals surface area contributed by atoms with Gasteiger partial charge in [-0.2, -0.15) is 0 Å². The van der Waals surface area contributed by atoms with Crippen LogP contribution in [0.5, 0.6) is 0 Å².